The SMILES string of the molecule is COc1ccc([C@H]2CCCN2C(=O)[C@@H](C)n2ccnc2)cc1. The van der Waals surface area contributed by atoms with Gasteiger partial charge in [-0.1, -0.05) is 12.1 Å². The third-order valence-electron chi connectivity index (χ3n) is 4.37. The van der Waals surface area contributed by atoms with Crippen molar-refractivity contribution in [1.82, 2.24) is 14.5 Å². The van der Waals surface area contributed by atoms with Crippen molar-refractivity contribution in [2.45, 2.75) is 31.8 Å². The summed E-state index contributed by atoms with van der Waals surface area (Å²) in [5.74, 6) is 0.989. The molecule has 0 radical (unpaired) electrons. The van der Waals surface area contributed by atoms with Crippen LogP contribution in [0, 0.1) is 0 Å². The second-order valence-electron chi connectivity index (χ2n) is 5.65. The minimum absolute atomic E-state index is 0.149. The van der Waals surface area contributed by atoms with Gasteiger partial charge in [0.2, 0.25) is 5.91 Å². The van der Waals surface area contributed by atoms with E-state index in [9.17, 15) is 4.79 Å². The molecule has 5 heteroatoms. The molecular formula is C17H21N3O2. The van der Waals surface area contributed by atoms with Crippen molar-refractivity contribution >= 4 is 5.91 Å². The summed E-state index contributed by atoms with van der Waals surface area (Å²) in [6.45, 7) is 2.74. The second kappa shape index (κ2) is 6.22. The Kier molecular flexibility index (Phi) is 4.13. The fourth-order valence-corrected chi connectivity index (χ4v) is 3.07. The van der Waals surface area contributed by atoms with E-state index in [4.69, 9.17) is 4.74 Å². The molecule has 0 N–H and O–H groups in total. The van der Waals surface area contributed by atoms with Crippen LogP contribution in [0.2, 0.25) is 0 Å². The monoisotopic (exact) mass is 299 g/mol. The number of imidazole rings is 1. The lowest BCUT2D eigenvalue weighted by atomic mass is 10.0. The summed E-state index contributed by atoms with van der Waals surface area (Å²) in [5.41, 5.74) is 1.17. The largest absolute Gasteiger partial charge is 0.497 e. The molecule has 1 saturated heterocycles. The fraction of sp³-hybridized carbons (Fsp3) is 0.412. The van der Waals surface area contributed by atoms with E-state index in [0.29, 0.717) is 0 Å². The molecule has 2 aromatic rings. The summed E-state index contributed by atoms with van der Waals surface area (Å²) in [7, 11) is 1.66. The van der Waals surface area contributed by atoms with Gasteiger partial charge in [-0.3, -0.25) is 4.79 Å². The van der Waals surface area contributed by atoms with Gasteiger partial charge in [0, 0.05) is 18.9 Å². The standard InChI is InChI=1S/C17H21N3O2/c1-13(19-11-9-18-12-19)17(21)20-10-3-4-16(20)14-5-7-15(22-2)8-6-14/h5-9,11-13,16H,3-4,10H2,1-2H3/t13-,16-/m1/s1. The number of carbonyl (C=O) groups is 1. The van der Waals surface area contributed by atoms with Gasteiger partial charge in [0.15, 0.2) is 0 Å². The highest BCUT2D eigenvalue weighted by Gasteiger charge is 2.32. The molecule has 1 aliphatic heterocycles. The van der Waals surface area contributed by atoms with Crippen LogP contribution in [0.5, 0.6) is 5.75 Å². The highest BCUT2D eigenvalue weighted by atomic mass is 16.5. The summed E-state index contributed by atoms with van der Waals surface area (Å²) in [6, 6.07) is 7.95. The number of methoxy groups -OCH3 is 1. The molecule has 1 aromatic carbocycles. The zero-order valence-electron chi connectivity index (χ0n) is 13.0. The predicted octanol–water partition coefficient (Wildman–Crippen LogP) is 2.82. The van der Waals surface area contributed by atoms with Crippen molar-refractivity contribution in [3.05, 3.63) is 48.5 Å². The maximum absolute atomic E-state index is 12.8. The van der Waals surface area contributed by atoms with Crippen LogP contribution < -0.4 is 4.74 Å². The van der Waals surface area contributed by atoms with E-state index in [-0.39, 0.29) is 18.0 Å². The van der Waals surface area contributed by atoms with Crippen LogP contribution >= 0.6 is 0 Å². The van der Waals surface area contributed by atoms with Gasteiger partial charge in [0.1, 0.15) is 11.8 Å². The Morgan fingerprint density at radius 3 is 2.77 bits per heavy atom. The van der Waals surface area contributed by atoms with Crippen LogP contribution in [0.25, 0.3) is 0 Å². The van der Waals surface area contributed by atoms with E-state index < -0.39 is 0 Å². The normalized spacial score (nSPS) is 19.2. The number of hydrogen-bond acceptors (Lipinski definition) is 3. The maximum atomic E-state index is 12.8. The third-order valence-corrected chi connectivity index (χ3v) is 4.37. The molecule has 0 unspecified atom stereocenters. The number of amides is 1. The van der Waals surface area contributed by atoms with E-state index in [1.807, 2.05) is 34.7 Å². The van der Waals surface area contributed by atoms with Gasteiger partial charge >= 0.3 is 0 Å². The molecule has 0 spiro atoms. The Hall–Kier alpha value is -2.30. The number of rotatable bonds is 4. The Morgan fingerprint density at radius 1 is 1.36 bits per heavy atom. The molecule has 1 aliphatic rings. The molecule has 22 heavy (non-hydrogen) atoms. The van der Waals surface area contributed by atoms with Crippen LogP contribution in [0.15, 0.2) is 43.0 Å². The summed E-state index contributed by atoms with van der Waals surface area (Å²) in [4.78, 5) is 18.8. The highest BCUT2D eigenvalue weighted by Crippen LogP contribution is 2.34. The van der Waals surface area contributed by atoms with Crippen LogP contribution in [-0.2, 0) is 4.79 Å². The lowest BCUT2D eigenvalue weighted by molar-refractivity contribution is -0.135. The maximum Gasteiger partial charge on any atom is 0.245 e. The molecule has 116 valence electrons. The Bertz CT molecular complexity index is 622. The molecule has 1 aromatic heterocycles. The average Bonchev–Trinajstić information content (AvgIpc) is 3.24. The van der Waals surface area contributed by atoms with Crippen molar-refractivity contribution in [3.63, 3.8) is 0 Å². The zero-order valence-corrected chi connectivity index (χ0v) is 13.0. The summed E-state index contributed by atoms with van der Waals surface area (Å²) < 4.78 is 7.06. The van der Waals surface area contributed by atoms with E-state index >= 15 is 0 Å². The van der Waals surface area contributed by atoms with Gasteiger partial charge < -0.3 is 14.2 Å². The average molecular weight is 299 g/mol. The van der Waals surface area contributed by atoms with Crippen LogP contribution in [0.3, 0.4) is 0 Å². The summed E-state index contributed by atoms with van der Waals surface area (Å²) in [6.07, 6.45) is 7.28. The highest BCUT2D eigenvalue weighted by molar-refractivity contribution is 5.80. The van der Waals surface area contributed by atoms with Crippen molar-refractivity contribution in [2.24, 2.45) is 0 Å². The molecule has 1 fully saturated rings. The number of benzene rings is 1. The Labute approximate surface area is 130 Å². The van der Waals surface area contributed by atoms with Crippen LogP contribution in [0.1, 0.15) is 37.4 Å². The number of carbonyl (C=O) groups excluding carboxylic acids is 1. The van der Waals surface area contributed by atoms with Gasteiger partial charge in [0.05, 0.1) is 19.5 Å². The molecule has 3 rings (SSSR count). The van der Waals surface area contributed by atoms with Crippen molar-refractivity contribution in [1.29, 1.82) is 0 Å². The van der Waals surface area contributed by atoms with Gasteiger partial charge in [-0.15, -0.1) is 0 Å². The van der Waals surface area contributed by atoms with E-state index in [1.54, 1.807) is 19.6 Å². The number of aromatic nitrogens is 2. The van der Waals surface area contributed by atoms with Crippen LogP contribution in [-0.4, -0.2) is 34.0 Å². The number of ether oxygens (including phenoxy) is 1. The lowest BCUT2D eigenvalue weighted by Gasteiger charge is -2.28. The van der Waals surface area contributed by atoms with E-state index in [2.05, 4.69) is 17.1 Å². The minimum atomic E-state index is -0.221. The Balaban J connectivity index is 1.78. The molecule has 2 heterocycles. The summed E-state index contributed by atoms with van der Waals surface area (Å²) >= 11 is 0. The molecule has 5 nitrogen and oxygen atoms in total. The van der Waals surface area contributed by atoms with Gasteiger partial charge in [-0.25, -0.2) is 4.98 Å². The molecule has 0 bridgehead atoms. The molecule has 0 aliphatic carbocycles. The number of hydrogen-bond donors (Lipinski definition) is 0. The quantitative estimate of drug-likeness (QED) is 0.872. The number of nitrogens with zero attached hydrogens (tertiary/aromatic N) is 3. The van der Waals surface area contributed by atoms with Gasteiger partial charge in [0.25, 0.3) is 0 Å². The molecular weight excluding hydrogens is 278 g/mol. The minimum Gasteiger partial charge on any atom is -0.497 e. The lowest BCUT2D eigenvalue weighted by Crippen LogP contribution is -2.35. The van der Waals surface area contributed by atoms with E-state index in [1.165, 1.54) is 5.56 Å². The van der Waals surface area contributed by atoms with Gasteiger partial charge in [-0.2, -0.15) is 0 Å². The fourth-order valence-electron chi connectivity index (χ4n) is 3.07. The first-order valence-corrected chi connectivity index (χ1v) is 7.62. The third kappa shape index (κ3) is 2.71. The smallest absolute Gasteiger partial charge is 0.245 e. The van der Waals surface area contributed by atoms with Crippen molar-refractivity contribution < 1.29 is 9.53 Å². The second-order valence-corrected chi connectivity index (χ2v) is 5.65. The summed E-state index contributed by atoms with van der Waals surface area (Å²) in [5, 5.41) is 0. The van der Waals surface area contributed by atoms with Crippen molar-refractivity contribution in [3.8, 4) is 5.75 Å². The predicted molar refractivity (Wildman–Crippen MR) is 83.6 cm³/mol. The van der Waals surface area contributed by atoms with Crippen LogP contribution in [0.4, 0.5) is 0 Å². The molecule has 1 amide bonds. The van der Waals surface area contributed by atoms with Gasteiger partial charge in [-0.05, 0) is 37.5 Å². The van der Waals surface area contributed by atoms with E-state index in [0.717, 1.165) is 25.1 Å². The number of likely N-dealkylation sites (tertiary alicyclic amines) is 1. The first-order chi connectivity index (χ1) is 10.7. The first-order valence-electron chi connectivity index (χ1n) is 7.62. The van der Waals surface area contributed by atoms with Crippen molar-refractivity contribution in [2.75, 3.05) is 13.7 Å². The first kappa shape index (κ1) is 14.6. The molecule has 0 saturated carbocycles. The topological polar surface area (TPSA) is 47.4 Å². The zero-order chi connectivity index (χ0) is 15.5. The Morgan fingerprint density at radius 2 is 2.14 bits per heavy atom. The molecule has 2 atom stereocenters.